The summed E-state index contributed by atoms with van der Waals surface area (Å²) in [6.45, 7) is 4.53. The molecule has 1 aliphatic rings. The van der Waals surface area contributed by atoms with Crippen molar-refractivity contribution in [3.05, 3.63) is 35.4 Å². The highest BCUT2D eigenvalue weighted by molar-refractivity contribution is 5.82. The number of rotatable bonds is 2. The van der Waals surface area contributed by atoms with Crippen molar-refractivity contribution in [3.8, 4) is 0 Å². The van der Waals surface area contributed by atoms with Gasteiger partial charge in [0.1, 0.15) is 0 Å². The van der Waals surface area contributed by atoms with Crippen molar-refractivity contribution in [1.82, 2.24) is 4.90 Å². The van der Waals surface area contributed by atoms with E-state index in [4.69, 9.17) is 0 Å². The van der Waals surface area contributed by atoms with Gasteiger partial charge in [0.05, 0.1) is 5.41 Å². The topological polar surface area (TPSA) is 57.6 Å². The van der Waals surface area contributed by atoms with Crippen LogP contribution in [0.2, 0.25) is 0 Å². The zero-order chi connectivity index (χ0) is 14.0. The Bertz CT molecular complexity index is 485. The van der Waals surface area contributed by atoms with E-state index in [2.05, 4.69) is 0 Å². The van der Waals surface area contributed by atoms with Gasteiger partial charge in [-0.2, -0.15) is 0 Å². The monoisotopic (exact) mass is 261 g/mol. The molecule has 1 aliphatic heterocycles. The first-order valence-electron chi connectivity index (χ1n) is 6.52. The summed E-state index contributed by atoms with van der Waals surface area (Å²) in [5.41, 5.74) is 1.11. The van der Waals surface area contributed by atoms with E-state index >= 15 is 0 Å². The van der Waals surface area contributed by atoms with Crippen LogP contribution in [0.1, 0.15) is 30.9 Å². The van der Waals surface area contributed by atoms with Crippen molar-refractivity contribution >= 4 is 11.9 Å². The lowest BCUT2D eigenvalue weighted by atomic mass is 9.72. The lowest BCUT2D eigenvalue weighted by Gasteiger charge is -2.39. The molecule has 102 valence electrons. The van der Waals surface area contributed by atoms with Crippen LogP contribution in [0, 0.1) is 6.92 Å². The Hall–Kier alpha value is -1.84. The van der Waals surface area contributed by atoms with E-state index in [0.29, 0.717) is 25.9 Å². The number of aryl methyl sites for hydroxylation is 1. The van der Waals surface area contributed by atoms with Crippen molar-refractivity contribution in [2.24, 2.45) is 0 Å². The summed E-state index contributed by atoms with van der Waals surface area (Å²) in [6.07, 6.45) is 0.954. The fourth-order valence-electron chi connectivity index (χ4n) is 2.70. The number of hydrogen-bond donors (Lipinski definition) is 1. The molecule has 4 heteroatoms. The fraction of sp³-hybridized carbons (Fsp3) is 0.467. The number of carboxylic acids is 1. The van der Waals surface area contributed by atoms with E-state index in [9.17, 15) is 14.7 Å². The molecule has 0 radical (unpaired) electrons. The second kappa shape index (κ2) is 5.03. The van der Waals surface area contributed by atoms with Gasteiger partial charge < -0.3 is 10.0 Å². The van der Waals surface area contributed by atoms with Crippen molar-refractivity contribution in [2.75, 3.05) is 13.1 Å². The van der Waals surface area contributed by atoms with Crippen LogP contribution in [0.3, 0.4) is 0 Å². The second-order valence-corrected chi connectivity index (χ2v) is 5.26. The number of likely N-dealkylation sites (tertiary alicyclic amines) is 1. The maximum absolute atomic E-state index is 11.7. The summed E-state index contributed by atoms with van der Waals surface area (Å²) in [4.78, 5) is 24.8. The minimum absolute atomic E-state index is 0.0166. The lowest BCUT2D eigenvalue weighted by Crippen LogP contribution is -2.48. The largest absolute Gasteiger partial charge is 0.481 e. The van der Waals surface area contributed by atoms with Crippen LogP contribution in [0.25, 0.3) is 0 Å². The highest BCUT2D eigenvalue weighted by atomic mass is 16.4. The molecule has 1 N–H and O–H groups in total. The van der Waals surface area contributed by atoms with E-state index in [0.717, 1.165) is 11.1 Å². The third-order valence-electron chi connectivity index (χ3n) is 4.08. The van der Waals surface area contributed by atoms with Gasteiger partial charge in [0.2, 0.25) is 5.91 Å². The first-order valence-corrected chi connectivity index (χ1v) is 6.52. The third kappa shape index (κ3) is 2.48. The molecule has 19 heavy (non-hydrogen) atoms. The number of carbonyl (C=O) groups excluding carboxylic acids is 1. The van der Waals surface area contributed by atoms with Crippen LogP contribution in [-0.2, 0) is 15.0 Å². The molecule has 2 rings (SSSR count). The minimum atomic E-state index is -0.848. The average molecular weight is 261 g/mol. The highest BCUT2D eigenvalue weighted by Crippen LogP contribution is 2.36. The average Bonchev–Trinajstić information content (AvgIpc) is 2.39. The summed E-state index contributed by atoms with van der Waals surface area (Å²) in [5.74, 6) is -0.776. The van der Waals surface area contributed by atoms with Gasteiger partial charge in [-0.1, -0.05) is 29.8 Å². The third-order valence-corrected chi connectivity index (χ3v) is 4.08. The Balaban J connectivity index is 2.28. The van der Waals surface area contributed by atoms with Crippen molar-refractivity contribution < 1.29 is 14.7 Å². The standard InChI is InChI=1S/C15H19NO3/c1-11-3-5-13(6-4-11)15(14(18)19)7-9-16(10-8-15)12(2)17/h3-6H,7-10H2,1-2H3,(H,18,19). The highest BCUT2D eigenvalue weighted by Gasteiger charge is 2.43. The van der Waals surface area contributed by atoms with Gasteiger partial charge in [-0.25, -0.2) is 0 Å². The van der Waals surface area contributed by atoms with Gasteiger partial charge >= 0.3 is 5.97 Å². The number of nitrogens with zero attached hydrogens (tertiary/aromatic N) is 1. The molecule has 0 saturated carbocycles. The molecule has 1 amide bonds. The van der Waals surface area contributed by atoms with Crippen LogP contribution >= 0.6 is 0 Å². The first kappa shape index (κ1) is 13.6. The van der Waals surface area contributed by atoms with Crippen LogP contribution in [0.5, 0.6) is 0 Å². The van der Waals surface area contributed by atoms with Gasteiger partial charge in [0, 0.05) is 20.0 Å². The van der Waals surface area contributed by atoms with Crippen LogP contribution in [0.15, 0.2) is 24.3 Å². The number of carbonyl (C=O) groups is 2. The van der Waals surface area contributed by atoms with E-state index < -0.39 is 11.4 Å². The maximum atomic E-state index is 11.7. The van der Waals surface area contributed by atoms with Gasteiger partial charge in [-0.05, 0) is 25.3 Å². The number of piperidine rings is 1. The minimum Gasteiger partial charge on any atom is -0.481 e. The Kier molecular flexibility index (Phi) is 3.60. The van der Waals surface area contributed by atoms with Crippen molar-refractivity contribution in [1.29, 1.82) is 0 Å². The zero-order valence-corrected chi connectivity index (χ0v) is 11.3. The molecular weight excluding hydrogens is 242 g/mol. The summed E-state index contributed by atoms with van der Waals surface area (Å²) >= 11 is 0. The van der Waals surface area contributed by atoms with E-state index in [1.165, 1.54) is 6.92 Å². The molecule has 0 bridgehead atoms. The maximum Gasteiger partial charge on any atom is 0.314 e. The normalized spacial score (nSPS) is 18.1. The summed E-state index contributed by atoms with van der Waals surface area (Å²) in [7, 11) is 0. The number of hydrogen-bond acceptors (Lipinski definition) is 2. The van der Waals surface area contributed by atoms with Crippen LogP contribution < -0.4 is 0 Å². The smallest absolute Gasteiger partial charge is 0.314 e. The zero-order valence-electron chi connectivity index (χ0n) is 11.3. The van der Waals surface area contributed by atoms with Gasteiger partial charge in [0.15, 0.2) is 0 Å². The number of amides is 1. The molecule has 0 unspecified atom stereocenters. The predicted octanol–water partition coefficient (Wildman–Crippen LogP) is 1.96. The molecule has 1 saturated heterocycles. The Morgan fingerprint density at radius 2 is 1.68 bits per heavy atom. The molecule has 0 aromatic heterocycles. The summed E-state index contributed by atoms with van der Waals surface area (Å²) in [6, 6.07) is 7.68. The van der Waals surface area contributed by atoms with E-state index in [-0.39, 0.29) is 5.91 Å². The van der Waals surface area contributed by atoms with Crippen molar-refractivity contribution in [3.63, 3.8) is 0 Å². The number of benzene rings is 1. The summed E-state index contributed by atoms with van der Waals surface area (Å²) < 4.78 is 0. The van der Waals surface area contributed by atoms with Crippen LogP contribution in [0.4, 0.5) is 0 Å². The molecular formula is C15H19NO3. The second-order valence-electron chi connectivity index (χ2n) is 5.26. The lowest BCUT2D eigenvalue weighted by molar-refractivity contribution is -0.148. The van der Waals surface area contributed by atoms with Crippen LogP contribution in [-0.4, -0.2) is 35.0 Å². The molecule has 1 heterocycles. The first-order chi connectivity index (χ1) is 8.95. The van der Waals surface area contributed by atoms with Gasteiger partial charge in [-0.15, -0.1) is 0 Å². The van der Waals surface area contributed by atoms with E-state index in [1.807, 2.05) is 31.2 Å². The molecule has 0 atom stereocenters. The molecule has 0 spiro atoms. The molecule has 4 nitrogen and oxygen atoms in total. The molecule has 1 aromatic carbocycles. The number of carboxylic acid groups (broad SMARTS) is 1. The SMILES string of the molecule is CC(=O)N1CCC(C(=O)O)(c2ccc(C)cc2)CC1. The van der Waals surface area contributed by atoms with Gasteiger partial charge in [0.25, 0.3) is 0 Å². The van der Waals surface area contributed by atoms with Crippen molar-refractivity contribution in [2.45, 2.75) is 32.1 Å². The molecule has 1 fully saturated rings. The quantitative estimate of drug-likeness (QED) is 0.885. The number of aliphatic carboxylic acids is 1. The fourth-order valence-corrected chi connectivity index (χ4v) is 2.70. The summed E-state index contributed by atoms with van der Waals surface area (Å²) in [5, 5.41) is 9.63. The molecule has 1 aromatic rings. The van der Waals surface area contributed by atoms with E-state index in [1.54, 1.807) is 4.90 Å². The Morgan fingerprint density at radius 3 is 2.11 bits per heavy atom. The Labute approximate surface area is 113 Å². The molecule has 0 aliphatic carbocycles. The Morgan fingerprint density at radius 1 is 1.16 bits per heavy atom. The predicted molar refractivity (Wildman–Crippen MR) is 72.0 cm³/mol. The van der Waals surface area contributed by atoms with Gasteiger partial charge in [-0.3, -0.25) is 9.59 Å².